The van der Waals surface area contributed by atoms with Gasteiger partial charge in [0.1, 0.15) is 0 Å². The Kier molecular flexibility index (Phi) is 7.15. The highest BCUT2D eigenvalue weighted by molar-refractivity contribution is 4.80. The molecule has 3 atom stereocenters. The fraction of sp³-hybridized carbons (Fsp3) is 1.00. The Morgan fingerprint density at radius 3 is 2.72 bits per heavy atom. The van der Waals surface area contributed by atoms with E-state index in [2.05, 4.69) is 31.0 Å². The van der Waals surface area contributed by atoms with Crippen LogP contribution in [0, 0.1) is 11.8 Å². The summed E-state index contributed by atoms with van der Waals surface area (Å²) >= 11 is 0. The Bertz CT molecular complexity index is 224. The lowest BCUT2D eigenvalue weighted by Gasteiger charge is -2.37. The van der Waals surface area contributed by atoms with Gasteiger partial charge in [-0.25, -0.2) is 0 Å². The number of aliphatic hydroxyl groups excluding tert-OH is 1. The highest BCUT2D eigenvalue weighted by Gasteiger charge is 2.26. The zero-order valence-electron chi connectivity index (χ0n) is 12.4. The van der Waals surface area contributed by atoms with Gasteiger partial charge in [-0.2, -0.15) is 0 Å². The molecular weight excluding hydrogens is 228 g/mol. The lowest BCUT2D eigenvalue weighted by atomic mass is 9.95. The molecule has 1 aliphatic rings. The first-order valence-electron chi connectivity index (χ1n) is 7.16. The minimum Gasteiger partial charge on any atom is -0.390 e. The first-order chi connectivity index (χ1) is 8.52. The molecule has 2 N–H and O–H groups in total. The number of methoxy groups -OCH3 is 1. The van der Waals surface area contributed by atoms with Gasteiger partial charge in [0, 0.05) is 26.7 Å². The minimum absolute atomic E-state index is 0.283. The SMILES string of the molecule is COC1CN(CC(O)CNCC(C)C)CCC1C. The molecule has 0 aromatic carbocycles. The second-order valence-corrected chi connectivity index (χ2v) is 6.01. The summed E-state index contributed by atoms with van der Waals surface area (Å²) in [5, 5.41) is 13.3. The summed E-state index contributed by atoms with van der Waals surface area (Å²) in [4.78, 5) is 2.32. The highest BCUT2D eigenvalue weighted by Crippen LogP contribution is 2.19. The molecule has 108 valence electrons. The zero-order chi connectivity index (χ0) is 13.5. The summed E-state index contributed by atoms with van der Waals surface area (Å²) in [6.45, 7) is 11.0. The van der Waals surface area contributed by atoms with Gasteiger partial charge < -0.3 is 15.2 Å². The van der Waals surface area contributed by atoms with Crippen molar-refractivity contribution in [2.24, 2.45) is 11.8 Å². The van der Waals surface area contributed by atoms with E-state index in [0.717, 1.165) is 32.6 Å². The average Bonchev–Trinajstić information content (AvgIpc) is 2.31. The Labute approximate surface area is 112 Å². The average molecular weight is 258 g/mol. The predicted molar refractivity (Wildman–Crippen MR) is 74.7 cm³/mol. The van der Waals surface area contributed by atoms with Crippen molar-refractivity contribution in [3.05, 3.63) is 0 Å². The zero-order valence-corrected chi connectivity index (χ0v) is 12.4. The molecule has 0 spiro atoms. The van der Waals surface area contributed by atoms with Crippen LogP contribution in [0.4, 0.5) is 0 Å². The van der Waals surface area contributed by atoms with Crippen molar-refractivity contribution in [1.82, 2.24) is 10.2 Å². The topological polar surface area (TPSA) is 44.7 Å². The first kappa shape index (κ1) is 15.9. The smallest absolute Gasteiger partial charge is 0.0791 e. The normalized spacial score (nSPS) is 27.7. The third kappa shape index (κ3) is 5.65. The van der Waals surface area contributed by atoms with E-state index in [9.17, 15) is 5.11 Å². The summed E-state index contributed by atoms with van der Waals surface area (Å²) in [6.07, 6.45) is 1.19. The van der Waals surface area contributed by atoms with Crippen molar-refractivity contribution in [2.75, 3.05) is 39.8 Å². The molecule has 4 nitrogen and oxygen atoms in total. The number of likely N-dealkylation sites (tertiary alicyclic amines) is 1. The van der Waals surface area contributed by atoms with Crippen LogP contribution in [0.3, 0.4) is 0 Å². The van der Waals surface area contributed by atoms with Crippen molar-refractivity contribution in [2.45, 2.75) is 39.4 Å². The summed E-state index contributed by atoms with van der Waals surface area (Å²) < 4.78 is 5.49. The summed E-state index contributed by atoms with van der Waals surface area (Å²) in [7, 11) is 1.78. The van der Waals surface area contributed by atoms with Gasteiger partial charge in [0.05, 0.1) is 12.2 Å². The molecule has 0 bridgehead atoms. The summed E-state index contributed by atoms with van der Waals surface area (Å²) in [5.74, 6) is 1.26. The van der Waals surface area contributed by atoms with E-state index in [1.165, 1.54) is 0 Å². The van der Waals surface area contributed by atoms with Crippen LogP contribution in [-0.2, 0) is 4.74 Å². The van der Waals surface area contributed by atoms with Crippen LogP contribution in [-0.4, -0.2) is 62.0 Å². The minimum atomic E-state index is -0.283. The molecule has 0 radical (unpaired) electrons. The number of aliphatic hydroxyl groups is 1. The monoisotopic (exact) mass is 258 g/mol. The quantitative estimate of drug-likeness (QED) is 0.714. The molecular formula is C14H30N2O2. The van der Waals surface area contributed by atoms with Gasteiger partial charge in [-0.3, -0.25) is 4.90 Å². The van der Waals surface area contributed by atoms with Gasteiger partial charge in [-0.1, -0.05) is 20.8 Å². The molecule has 0 saturated carbocycles. The van der Waals surface area contributed by atoms with Gasteiger partial charge in [0.15, 0.2) is 0 Å². The largest absolute Gasteiger partial charge is 0.390 e. The number of hydrogen-bond donors (Lipinski definition) is 2. The molecule has 0 aromatic heterocycles. The number of hydrogen-bond acceptors (Lipinski definition) is 4. The Balaban J connectivity index is 2.21. The maximum atomic E-state index is 9.99. The Morgan fingerprint density at radius 1 is 1.39 bits per heavy atom. The van der Waals surface area contributed by atoms with Crippen molar-refractivity contribution < 1.29 is 9.84 Å². The maximum Gasteiger partial charge on any atom is 0.0791 e. The lowest BCUT2D eigenvalue weighted by Crippen LogP contribution is -2.48. The van der Waals surface area contributed by atoms with Crippen LogP contribution in [0.25, 0.3) is 0 Å². The second kappa shape index (κ2) is 8.10. The van der Waals surface area contributed by atoms with E-state index in [1.807, 2.05) is 0 Å². The molecule has 3 unspecified atom stereocenters. The molecule has 1 saturated heterocycles. The predicted octanol–water partition coefficient (Wildman–Crippen LogP) is 0.950. The Hall–Kier alpha value is -0.160. The maximum absolute atomic E-state index is 9.99. The summed E-state index contributed by atoms with van der Waals surface area (Å²) in [6, 6.07) is 0. The molecule has 18 heavy (non-hydrogen) atoms. The van der Waals surface area contributed by atoms with Gasteiger partial charge in [-0.15, -0.1) is 0 Å². The fourth-order valence-corrected chi connectivity index (χ4v) is 2.47. The number of piperidine rings is 1. The summed E-state index contributed by atoms with van der Waals surface area (Å²) in [5.41, 5.74) is 0. The molecule has 0 amide bonds. The van der Waals surface area contributed by atoms with Crippen LogP contribution in [0.5, 0.6) is 0 Å². The number of nitrogens with one attached hydrogen (secondary N) is 1. The molecule has 1 fully saturated rings. The van der Waals surface area contributed by atoms with Crippen molar-refractivity contribution in [3.8, 4) is 0 Å². The number of rotatable bonds is 7. The number of nitrogens with zero attached hydrogens (tertiary/aromatic N) is 1. The van der Waals surface area contributed by atoms with Crippen LogP contribution in [0.1, 0.15) is 27.2 Å². The van der Waals surface area contributed by atoms with Crippen molar-refractivity contribution >= 4 is 0 Å². The van der Waals surface area contributed by atoms with Crippen LogP contribution in [0.15, 0.2) is 0 Å². The standard InChI is InChI=1S/C14H30N2O2/c1-11(2)7-15-8-13(17)9-16-6-5-12(3)14(10-16)18-4/h11-15,17H,5-10H2,1-4H3. The van der Waals surface area contributed by atoms with E-state index < -0.39 is 0 Å². The third-order valence-corrected chi connectivity index (χ3v) is 3.68. The fourth-order valence-electron chi connectivity index (χ4n) is 2.47. The van der Waals surface area contributed by atoms with Crippen LogP contribution in [0.2, 0.25) is 0 Å². The Morgan fingerprint density at radius 2 is 2.11 bits per heavy atom. The van der Waals surface area contributed by atoms with E-state index in [-0.39, 0.29) is 6.10 Å². The van der Waals surface area contributed by atoms with E-state index in [1.54, 1.807) is 7.11 Å². The van der Waals surface area contributed by atoms with E-state index in [4.69, 9.17) is 4.74 Å². The van der Waals surface area contributed by atoms with Crippen LogP contribution < -0.4 is 5.32 Å². The highest BCUT2D eigenvalue weighted by atomic mass is 16.5. The lowest BCUT2D eigenvalue weighted by molar-refractivity contribution is -0.0175. The van der Waals surface area contributed by atoms with Gasteiger partial charge in [0.2, 0.25) is 0 Å². The third-order valence-electron chi connectivity index (χ3n) is 3.68. The molecule has 1 aliphatic heterocycles. The molecule has 1 rings (SSSR count). The molecule has 4 heteroatoms. The van der Waals surface area contributed by atoms with Gasteiger partial charge in [0.25, 0.3) is 0 Å². The van der Waals surface area contributed by atoms with E-state index in [0.29, 0.717) is 24.5 Å². The van der Waals surface area contributed by atoms with Crippen molar-refractivity contribution in [3.63, 3.8) is 0 Å². The number of ether oxygens (including phenoxy) is 1. The molecule has 0 aliphatic carbocycles. The first-order valence-corrected chi connectivity index (χ1v) is 7.16. The van der Waals surface area contributed by atoms with Crippen LogP contribution >= 0.6 is 0 Å². The van der Waals surface area contributed by atoms with Crippen molar-refractivity contribution in [1.29, 1.82) is 0 Å². The molecule has 0 aromatic rings. The number of β-amino-alcohol motifs (C(OH)–C–C–N with tert-alkyl or cyclic N) is 1. The second-order valence-electron chi connectivity index (χ2n) is 6.01. The molecule has 1 heterocycles. The van der Waals surface area contributed by atoms with E-state index >= 15 is 0 Å². The van der Waals surface area contributed by atoms with Gasteiger partial charge in [-0.05, 0) is 31.3 Å². The van der Waals surface area contributed by atoms with Gasteiger partial charge >= 0.3 is 0 Å².